The summed E-state index contributed by atoms with van der Waals surface area (Å²) in [6.07, 6.45) is 6.06. The summed E-state index contributed by atoms with van der Waals surface area (Å²) in [7, 11) is 0. The van der Waals surface area contributed by atoms with E-state index < -0.39 is 0 Å². The van der Waals surface area contributed by atoms with Gasteiger partial charge in [0.2, 0.25) is 0 Å². The summed E-state index contributed by atoms with van der Waals surface area (Å²) in [5.74, 6) is 7.39. The summed E-state index contributed by atoms with van der Waals surface area (Å²) in [4.78, 5) is 0. The van der Waals surface area contributed by atoms with Crippen LogP contribution in [0.3, 0.4) is 0 Å². The highest BCUT2D eigenvalue weighted by molar-refractivity contribution is 5.34. The predicted molar refractivity (Wildman–Crippen MR) is 49.8 cm³/mol. The fourth-order valence-electron chi connectivity index (χ4n) is 7.05. The van der Waals surface area contributed by atoms with Crippen molar-refractivity contribution in [3.8, 4) is 0 Å². The Balaban J connectivity index is 1.84. The van der Waals surface area contributed by atoms with Gasteiger partial charge in [-0.05, 0) is 67.1 Å². The van der Waals surface area contributed by atoms with Gasteiger partial charge in [0.25, 0.3) is 0 Å². The maximum absolute atomic E-state index is 6.76. The highest BCUT2D eigenvalue weighted by Gasteiger charge is 2.82. The van der Waals surface area contributed by atoms with Crippen LogP contribution in [0.15, 0.2) is 0 Å². The molecule has 0 saturated heterocycles. The van der Waals surface area contributed by atoms with Crippen LogP contribution in [0.1, 0.15) is 25.7 Å². The molecule has 6 fully saturated rings. The van der Waals surface area contributed by atoms with E-state index >= 15 is 0 Å². The van der Waals surface area contributed by atoms with Crippen LogP contribution in [0.5, 0.6) is 0 Å². The SMILES string of the molecule is NC12C3[C@H]4CC[C@@H]1[C@H]4[C@@H]1[C@H]3CC[C@@H]12. The molecule has 6 saturated carbocycles. The molecule has 70 valence electrons. The summed E-state index contributed by atoms with van der Waals surface area (Å²) in [6.45, 7) is 0. The second kappa shape index (κ2) is 1.50. The molecule has 1 nitrogen and oxygen atoms in total. The summed E-state index contributed by atoms with van der Waals surface area (Å²) >= 11 is 0. The number of hydrogen-bond acceptors (Lipinski definition) is 1. The average molecular weight is 175 g/mol. The minimum Gasteiger partial charge on any atom is -0.324 e. The zero-order chi connectivity index (χ0) is 8.37. The fraction of sp³-hybridized carbons (Fsp3) is 1.00. The van der Waals surface area contributed by atoms with Crippen LogP contribution in [0, 0.1) is 41.4 Å². The molecule has 8 bridgehead atoms. The Kier molecular flexibility index (Phi) is 0.743. The first-order valence-corrected chi connectivity index (χ1v) is 6.12. The molecule has 0 spiro atoms. The van der Waals surface area contributed by atoms with Crippen LogP contribution in [-0.2, 0) is 0 Å². The fourth-order valence-corrected chi connectivity index (χ4v) is 7.05. The molecule has 13 heavy (non-hydrogen) atoms. The van der Waals surface area contributed by atoms with Crippen molar-refractivity contribution in [1.29, 1.82) is 0 Å². The van der Waals surface area contributed by atoms with Crippen molar-refractivity contribution in [1.82, 2.24) is 0 Å². The van der Waals surface area contributed by atoms with E-state index in [0.717, 1.165) is 41.4 Å². The Morgan fingerprint density at radius 3 is 1.85 bits per heavy atom. The van der Waals surface area contributed by atoms with E-state index in [1.807, 2.05) is 0 Å². The molecule has 2 unspecified atom stereocenters. The van der Waals surface area contributed by atoms with Crippen LogP contribution in [0.2, 0.25) is 0 Å². The molecular formula is C12H17N. The van der Waals surface area contributed by atoms with E-state index in [1.165, 1.54) is 12.8 Å². The minimum absolute atomic E-state index is 0.376. The Morgan fingerprint density at radius 1 is 0.846 bits per heavy atom. The van der Waals surface area contributed by atoms with E-state index in [9.17, 15) is 0 Å². The van der Waals surface area contributed by atoms with E-state index in [0.29, 0.717) is 5.54 Å². The van der Waals surface area contributed by atoms with Crippen LogP contribution < -0.4 is 5.73 Å². The van der Waals surface area contributed by atoms with Crippen molar-refractivity contribution in [3.63, 3.8) is 0 Å². The third-order valence-corrected chi connectivity index (χ3v) is 6.77. The molecule has 0 amide bonds. The summed E-state index contributed by atoms with van der Waals surface area (Å²) in [6, 6.07) is 0. The lowest BCUT2D eigenvalue weighted by Gasteiger charge is -2.44. The van der Waals surface area contributed by atoms with Crippen LogP contribution in [-0.4, -0.2) is 5.54 Å². The molecule has 8 atom stereocenters. The van der Waals surface area contributed by atoms with Crippen molar-refractivity contribution in [2.24, 2.45) is 47.2 Å². The molecule has 0 heterocycles. The topological polar surface area (TPSA) is 26.0 Å². The molecule has 0 aromatic heterocycles. The predicted octanol–water partition coefficient (Wildman–Crippen LogP) is 1.63. The maximum Gasteiger partial charge on any atom is 0.0251 e. The van der Waals surface area contributed by atoms with Gasteiger partial charge in [0.05, 0.1) is 0 Å². The number of nitrogens with two attached hydrogens (primary N) is 1. The van der Waals surface area contributed by atoms with Crippen LogP contribution in [0.25, 0.3) is 0 Å². The molecule has 6 rings (SSSR count). The first-order valence-electron chi connectivity index (χ1n) is 6.12. The van der Waals surface area contributed by atoms with Crippen molar-refractivity contribution in [3.05, 3.63) is 0 Å². The minimum atomic E-state index is 0.376. The van der Waals surface area contributed by atoms with Gasteiger partial charge in [-0.25, -0.2) is 0 Å². The summed E-state index contributed by atoms with van der Waals surface area (Å²) in [5.41, 5.74) is 7.13. The standard InChI is InChI=1S/C12H17N/c13-12-7-3-1-5-9(7)10-6(11(5)12)2-4-8(10)12/h5-11H,1-4,13H2/t5-,6+,7+,8-,9-,10+,11?,12?. The molecule has 6 aliphatic carbocycles. The molecule has 2 N–H and O–H groups in total. The zero-order valence-electron chi connectivity index (χ0n) is 7.95. The molecule has 1 heteroatoms. The Morgan fingerprint density at radius 2 is 1.38 bits per heavy atom. The lowest BCUT2D eigenvalue weighted by molar-refractivity contribution is 0.107. The first-order chi connectivity index (χ1) is 6.33. The van der Waals surface area contributed by atoms with Crippen molar-refractivity contribution < 1.29 is 0 Å². The van der Waals surface area contributed by atoms with E-state index in [1.54, 1.807) is 12.8 Å². The molecular weight excluding hydrogens is 158 g/mol. The second-order valence-corrected chi connectivity index (χ2v) is 6.38. The Bertz CT molecular complexity index is 284. The second-order valence-electron chi connectivity index (χ2n) is 6.38. The smallest absolute Gasteiger partial charge is 0.0251 e. The van der Waals surface area contributed by atoms with Gasteiger partial charge >= 0.3 is 0 Å². The summed E-state index contributed by atoms with van der Waals surface area (Å²) in [5, 5.41) is 0. The van der Waals surface area contributed by atoms with Gasteiger partial charge in [-0.3, -0.25) is 0 Å². The van der Waals surface area contributed by atoms with E-state index in [-0.39, 0.29) is 0 Å². The van der Waals surface area contributed by atoms with E-state index in [2.05, 4.69) is 0 Å². The zero-order valence-corrected chi connectivity index (χ0v) is 7.95. The van der Waals surface area contributed by atoms with Gasteiger partial charge in [-0.1, -0.05) is 0 Å². The quantitative estimate of drug-likeness (QED) is 0.595. The van der Waals surface area contributed by atoms with Gasteiger partial charge < -0.3 is 5.73 Å². The van der Waals surface area contributed by atoms with Crippen LogP contribution >= 0.6 is 0 Å². The van der Waals surface area contributed by atoms with Gasteiger partial charge in [0, 0.05) is 5.54 Å². The van der Waals surface area contributed by atoms with E-state index in [4.69, 9.17) is 5.73 Å². The third kappa shape index (κ3) is 0.379. The largest absolute Gasteiger partial charge is 0.324 e. The van der Waals surface area contributed by atoms with Gasteiger partial charge in [-0.2, -0.15) is 0 Å². The number of hydrogen-bond donors (Lipinski definition) is 1. The lowest BCUT2D eigenvalue weighted by Crippen LogP contribution is -2.55. The Hall–Kier alpha value is -0.0400. The molecule has 0 aromatic rings. The molecule has 0 aromatic carbocycles. The van der Waals surface area contributed by atoms with Crippen molar-refractivity contribution in [2.45, 2.75) is 31.2 Å². The molecule has 6 aliphatic rings. The van der Waals surface area contributed by atoms with Gasteiger partial charge in [-0.15, -0.1) is 0 Å². The monoisotopic (exact) mass is 175 g/mol. The maximum atomic E-state index is 6.76. The first kappa shape index (κ1) is 6.44. The van der Waals surface area contributed by atoms with Crippen LogP contribution in [0.4, 0.5) is 0 Å². The highest BCUT2D eigenvalue weighted by Crippen LogP contribution is 2.82. The Labute approximate surface area is 79.1 Å². The molecule has 0 aliphatic heterocycles. The van der Waals surface area contributed by atoms with Crippen molar-refractivity contribution in [2.75, 3.05) is 0 Å². The van der Waals surface area contributed by atoms with Gasteiger partial charge in [0.1, 0.15) is 0 Å². The lowest BCUT2D eigenvalue weighted by atomic mass is 9.66. The average Bonchev–Trinajstić information content (AvgIpc) is 2.79. The number of rotatable bonds is 0. The normalized spacial score (nSPS) is 80.5. The van der Waals surface area contributed by atoms with Crippen molar-refractivity contribution >= 4 is 0 Å². The summed E-state index contributed by atoms with van der Waals surface area (Å²) < 4.78 is 0. The highest BCUT2D eigenvalue weighted by atomic mass is 15.0. The molecule has 0 radical (unpaired) electrons. The third-order valence-electron chi connectivity index (χ3n) is 6.77. The van der Waals surface area contributed by atoms with Gasteiger partial charge in [0.15, 0.2) is 0 Å².